The highest BCUT2D eigenvalue weighted by atomic mass is 16.5. The van der Waals surface area contributed by atoms with Crippen molar-refractivity contribution in [1.82, 2.24) is 4.90 Å². The number of aliphatic imine (C=N–C) groups is 1. The molecule has 20 heavy (non-hydrogen) atoms. The zero-order valence-corrected chi connectivity index (χ0v) is 12.5. The van der Waals surface area contributed by atoms with E-state index < -0.39 is 0 Å². The summed E-state index contributed by atoms with van der Waals surface area (Å²) < 4.78 is 5.71. The van der Waals surface area contributed by atoms with Crippen LogP contribution >= 0.6 is 0 Å². The van der Waals surface area contributed by atoms with Crippen LogP contribution in [0.2, 0.25) is 0 Å². The maximum atomic E-state index is 6.08. The molecule has 1 unspecified atom stereocenters. The van der Waals surface area contributed by atoms with Gasteiger partial charge in [0.1, 0.15) is 5.75 Å². The van der Waals surface area contributed by atoms with Gasteiger partial charge in [-0.05, 0) is 51.3 Å². The molecule has 0 saturated heterocycles. The lowest BCUT2D eigenvalue weighted by Gasteiger charge is -2.37. The number of nitrogens with zero attached hydrogens (tertiary/aromatic N) is 2. The summed E-state index contributed by atoms with van der Waals surface area (Å²) in [5.41, 5.74) is 7.22. The van der Waals surface area contributed by atoms with E-state index in [-0.39, 0.29) is 11.6 Å². The summed E-state index contributed by atoms with van der Waals surface area (Å²) >= 11 is 0. The maximum absolute atomic E-state index is 6.08. The molecule has 108 valence electrons. The maximum Gasteiger partial charge on any atom is 0.192 e. The first-order valence-corrected chi connectivity index (χ1v) is 7.37. The number of nitrogens with two attached hydrogens (primary N) is 1. The molecule has 3 rings (SSSR count). The minimum atomic E-state index is -0.110. The summed E-state index contributed by atoms with van der Waals surface area (Å²) in [4.78, 5) is 6.77. The summed E-state index contributed by atoms with van der Waals surface area (Å²) in [6.07, 6.45) is 2.64. The van der Waals surface area contributed by atoms with Gasteiger partial charge in [0.05, 0.1) is 18.2 Å². The minimum absolute atomic E-state index is 0.110. The summed E-state index contributed by atoms with van der Waals surface area (Å²) in [6.45, 7) is 7.04. The van der Waals surface area contributed by atoms with E-state index in [2.05, 4.69) is 28.9 Å². The Morgan fingerprint density at radius 2 is 1.95 bits per heavy atom. The van der Waals surface area contributed by atoms with Crippen molar-refractivity contribution in [2.24, 2.45) is 10.7 Å². The Balaban J connectivity index is 1.84. The summed E-state index contributed by atoms with van der Waals surface area (Å²) in [5, 5.41) is 0. The summed E-state index contributed by atoms with van der Waals surface area (Å²) in [7, 11) is 0. The van der Waals surface area contributed by atoms with Crippen molar-refractivity contribution < 1.29 is 4.74 Å². The molecule has 2 aliphatic rings. The van der Waals surface area contributed by atoms with Gasteiger partial charge in [0.25, 0.3) is 0 Å². The van der Waals surface area contributed by atoms with Crippen molar-refractivity contribution in [2.45, 2.75) is 51.3 Å². The zero-order valence-electron chi connectivity index (χ0n) is 12.5. The predicted molar refractivity (Wildman–Crippen MR) is 80.9 cm³/mol. The SMILES string of the molecule is CC(C)Oc1ccc(C2(C)CN=C(N)N2C2CC2)cc1. The third-order valence-corrected chi connectivity index (χ3v) is 4.09. The molecule has 0 spiro atoms. The second-order valence-electron chi connectivity index (χ2n) is 6.24. The molecule has 0 bridgehead atoms. The van der Waals surface area contributed by atoms with Crippen LogP contribution in [0.25, 0.3) is 0 Å². The molecular formula is C16H23N3O. The molecular weight excluding hydrogens is 250 g/mol. The Morgan fingerprint density at radius 3 is 2.50 bits per heavy atom. The Kier molecular flexibility index (Phi) is 3.11. The average molecular weight is 273 g/mol. The van der Waals surface area contributed by atoms with E-state index in [1.54, 1.807) is 0 Å². The molecule has 0 amide bonds. The molecule has 1 fully saturated rings. The van der Waals surface area contributed by atoms with Gasteiger partial charge in [0.15, 0.2) is 5.96 Å². The van der Waals surface area contributed by atoms with Crippen molar-refractivity contribution in [1.29, 1.82) is 0 Å². The average Bonchev–Trinajstić information content (AvgIpc) is 3.17. The van der Waals surface area contributed by atoms with Crippen LogP contribution in [0.15, 0.2) is 29.3 Å². The highest BCUT2D eigenvalue weighted by molar-refractivity contribution is 5.82. The van der Waals surface area contributed by atoms with E-state index in [1.807, 2.05) is 26.0 Å². The van der Waals surface area contributed by atoms with Crippen molar-refractivity contribution in [3.63, 3.8) is 0 Å². The predicted octanol–water partition coefficient (Wildman–Crippen LogP) is 2.48. The lowest BCUT2D eigenvalue weighted by Crippen LogP contribution is -2.48. The van der Waals surface area contributed by atoms with Crippen LogP contribution in [-0.2, 0) is 5.54 Å². The van der Waals surface area contributed by atoms with Crippen LogP contribution < -0.4 is 10.5 Å². The van der Waals surface area contributed by atoms with E-state index in [0.717, 1.165) is 12.3 Å². The Bertz CT molecular complexity index is 519. The molecule has 1 saturated carbocycles. The molecule has 0 aromatic heterocycles. The van der Waals surface area contributed by atoms with Crippen LogP contribution in [0, 0.1) is 0 Å². The highest BCUT2D eigenvalue weighted by Crippen LogP contribution is 2.41. The first-order chi connectivity index (χ1) is 9.50. The van der Waals surface area contributed by atoms with Crippen molar-refractivity contribution in [3.8, 4) is 5.75 Å². The standard InChI is InChI=1S/C16H23N3O/c1-11(2)20-14-8-4-12(5-9-14)16(3)10-18-15(17)19(16)13-6-7-13/h4-5,8-9,11,13H,6-7,10H2,1-3H3,(H2,17,18). The van der Waals surface area contributed by atoms with Gasteiger partial charge >= 0.3 is 0 Å². The van der Waals surface area contributed by atoms with E-state index in [0.29, 0.717) is 12.0 Å². The molecule has 1 aliphatic carbocycles. The number of benzene rings is 1. The Morgan fingerprint density at radius 1 is 1.30 bits per heavy atom. The largest absolute Gasteiger partial charge is 0.491 e. The summed E-state index contributed by atoms with van der Waals surface area (Å²) in [5.74, 6) is 1.61. The third-order valence-electron chi connectivity index (χ3n) is 4.09. The number of ether oxygens (including phenoxy) is 1. The smallest absolute Gasteiger partial charge is 0.192 e. The minimum Gasteiger partial charge on any atom is -0.491 e. The molecule has 0 radical (unpaired) electrons. The molecule has 4 nitrogen and oxygen atoms in total. The van der Waals surface area contributed by atoms with E-state index >= 15 is 0 Å². The van der Waals surface area contributed by atoms with Gasteiger partial charge in [0, 0.05) is 6.04 Å². The van der Waals surface area contributed by atoms with Crippen LogP contribution in [-0.4, -0.2) is 29.6 Å². The molecule has 1 aromatic rings. The second-order valence-corrected chi connectivity index (χ2v) is 6.24. The number of hydrogen-bond donors (Lipinski definition) is 1. The van der Waals surface area contributed by atoms with Gasteiger partial charge in [-0.15, -0.1) is 0 Å². The lowest BCUT2D eigenvalue weighted by atomic mass is 9.91. The Hall–Kier alpha value is -1.71. The molecule has 2 N–H and O–H groups in total. The van der Waals surface area contributed by atoms with Gasteiger partial charge in [-0.25, -0.2) is 0 Å². The van der Waals surface area contributed by atoms with Crippen molar-refractivity contribution in [3.05, 3.63) is 29.8 Å². The molecule has 1 heterocycles. The van der Waals surface area contributed by atoms with Crippen molar-refractivity contribution >= 4 is 5.96 Å². The monoisotopic (exact) mass is 273 g/mol. The fourth-order valence-electron chi connectivity index (χ4n) is 2.96. The van der Waals surface area contributed by atoms with Crippen LogP contribution in [0.1, 0.15) is 39.2 Å². The topological polar surface area (TPSA) is 50.9 Å². The fourth-order valence-corrected chi connectivity index (χ4v) is 2.96. The number of guanidine groups is 1. The van der Waals surface area contributed by atoms with Crippen LogP contribution in [0.4, 0.5) is 0 Å². The van der Waals surface area contributed by atoms with Gasteiger partial charge in [-0.3, -0.25) is 4.99 Å². The van der Waals surface area contributed by atoms with E-state index in [9.17, 15) is 0 Å². The fraction of sp³-hybridized carbons (Fsp3) is 0.562. The van der Waals surface area contributed by atoms with Gasteiger partial charge in [-0.2, -0.15) is 0 Å². The van der Waals surface area contributed by atoms with E-state index in [1.165, 1.54) is 18.4 Å². The molecule has 1 atom stereocenters. The molecule has 1 aromatic carbocycles. The normalized spacial score (nSPS) is 26.0. The first-order valence-electron chi connectivity index (χ1n) is 7.37. The second kappa shape index (κ2) is 4.69. The van der Waals surface area contributed by atoms with Crippen molar-refractivity contribution in [2.75, 3.05) is 6.54 Å². The number of hydrogen-bond acceptors (Lipinski definition) is 4. The van der Waals surface area contributed by atoms with Crippen LogP contribution in [0.3, 0.4) is 0 Å². The van der Waals surface area contributed by atoms with Crippen LogP contribution in [0.5, 0.6) is 5.75 Å². The van der Waals surface area contributed by atoms with E-state index in [4.69, 9.17) is 10.5 Å². The quantitative estimate of drug-likeness (QED) is 0.917. The highest BCUT2D eigenvalue weighted by Gasteiger charge is 2.46. The Labute approximate surface area is 120 Å². The number of rotatable bonds is 4. The molecule has 1 aliphatic heterocycles. The first kappa shape index (κ1) is 13.3. The molecule has 4 heteroatoms. The van der Waals surface area contributed by atoms with Gasteiger partial charge < -0.3 is 15.4 Å². The zero-order chi connectivity index (χ0) is 14.3. The third kappa shape index (κ3) is 2.23. The van der Waals surface area contributed by atoms with Gasteiger partial charge in [0.2, 0.25) is 0 Å². The van der Waals surface area contributed by atoms with Gasteiger partial charge in [-0.1, -0.05) is 12.1 Å². The summed E-state index contributed by atoms with van der Waals surface area (Å²) in [6, 6.07) is 8.93. The lowest BCUT2D eigenvalue weighted by molar-refractivity contribution is 0.215.